The number of rotatable bonds is 7. The molecular weight excluding hydrogens is 818 g/mol. The van der Waals surface area contributed by atoms with Gasteiger partial charge < -0.3 is 14.5 Å². The summed E-state index contributed by atoms with van der Waals surface area (Å²) in [6.07, 6.45) is 17.8. The molecule has 0 aliphatic heterocycles. The molecule has 10 aromatic rings. The first-order valence-electron chi connectivity index (χ1n) is 22.1. The molecular formula is C59H42KN5. The van der Waals surface area contributed by atoms with Crippen LogP contribution in [0.2, 0.25) is 0 Å². The smallest absolute Gasteiger partial charge is 0.810 e. The van der Waals surface area contributed by atoms with Gasteiger partial charge in [-0.1, -0.05) is 153 Å². The Morgan fingerprint density at radius 1 is 0.585 bits per heavy atom. The van der Waals surface area contributed by atoms with E-state index in [0.717, 1.165) is 61.9 Å². The van der Waals surface area contributed by atoms with Crippen molar-refractivity contribution < 1.29 is 51.4 Å². The van der Waals surface area contributed by atoms with E-state index in [2.05, 4.69) is 192 Å². The van der Waals surface area contributed by atoms with E-state index in [1.54, 1.807) is 0 Å². The average molecular weight is 860 g/mol. The van der Waals surface area contributed by atoms with Crippen molar-refractivity contribution in [3.63, 3.8) is 0 Å². The molecule has 0 fully saturated rings. The molecule has 0 spiro atoms. The van der Waals surface area contributed by atoms with Gasteiger partial charge in [-0.3, -0.25) is 0 Å². The zero-order valence-electron chi connectivity index (χ0n) is 36.4. The van der Waals surface area contributed by atoms with Gasteiger partial charge >= 0.3 is 51.4 Å². The van der Waals surface area contributed by atoms with Gasteiger partial charge in [0.25, 0.3) is 0 Å². The van der Waals surface area contributed by atoms with E-state index < -0.39 is 0 Å². The Morgan fingerprint density at radius 3 is 2.11 bits per heavy atom. The van der Waals surface area contributed by atoms with Crippen molar-refractivity contribution in [3.05, 3.63) is 217 Å². The predicted molar refractivity (Wildman–Crippen MR) is 270 cm³/mol. The molecule has 0 N–H and O–H groups in total. The van der Waals surface area contributed by atoms with E-state index in [-0.39, 0.29) is 51.4 Å². The third-order valence-electron chi connectivity index (χ3n) is 13.1. The van der Waals surface area contributed by atoms with Crippen LogP contribution < -0.4 is 51.4 Å². The molecule has 0 saturated carbocycles. The van der Waals surface area contributed by atoms with Gasteiger partial charge in [-0.2, -0.15) is 6.21 Å². The third kappa shape index (κ3) is 7.14. The first-order chi connectivity index (χ1) is 31.6. The van der Waals surface area contributed by atoms with E-state index in [0.29, 0.717) is 29.4 Å². The second-order valence-electron chi connectivity index (χ2n) is 16.9. The minimum absolute atomic E-state index is 0. The zero-order valence-corrected chi connectivity index (χ0v) is 39.5. The molecule has 1 unspecified atom stereocenters. The topological polar surface area (TPSA) is 57.9 Å². The molecule has 7 aromatic carbocycles. The van der Waals surface area contributed by atoms with Gasteiger partial charge in [-0.05, 0) is 100 Å². The van der Waals surface area contributed by atoms with E-state index >= 15 is 0 Å². The Morgan fingerprint density at radius 2 is 1.29 bits per heavy atom. The fourth-order valence-corrected chi connectivity index (χ4v) is 10.00. The van der Waals surface area contributed by atoms with Crippen LogP contribution in [0.5, 0.6) is 0 Å². The summed E-state index contributed by atoms with van der Waals surface area (Å²) < 4.78 is 4.83. The maximum atomic E-state index is 10.8. The van der Waals surface area contributed by atoms with Crippen molar-refractivity contribution in [2.24, 2.45) is 5.92 Å². The number of benzene rings is 7. The summed E-state index contributed by atoms with van der Waals surface area (Å²) >= 11 is 0. The van der Waals surface area contributed by atoms with Crippen LogP contribution >= 0.6 is 0 Å². The van der Waals surface area contributed by atoms with Gasteiger partial charge in [-0.15, -0.1) is 0 Å². The first-order valence-corrected chi connectivity index (χ1v) is 22.1. The van der Waals surface area contributed by atoms with Crippen LogP contribution in [0.25, 0.3) is 111 Å². The summed E-state index contributed by atoms with van der Waals surface area (Å²) in [6.45, 7) is 2.32. The number of hydrogen-bond acceptors (Lipinski definition) is 2. The van der Waals surface area contributed by atoms with Gasteiger partial charge in [-0.25, -0.2) is 9.97 Å². The molecule has 3 aromatic heterocycles. The third-order valence-corrected chi connectivity index (χ3v) is 13.1. The SMILES string of the molecule is CC1CC=CC=C1n1c2ccccc2c2cc(-c3ccc4c5ccccc5n(-c5cccc(-c6nc(/C(C=[N-])=C7\C=CC=CC7)cc(-c7cccc8ccccc78)n6)c5)c4c3)ccc21.[K+]. The van der Waals surface area contributed by atoms with E-state index in [1.165, 1.54) is 50.1 Å². The van der Waals surface area contributed by atoms with Gasteiger partial charge in [0.1, 0.15) is 0 Å². The second kappa shape index (κ2) is 17.1. The molecule has 2 aliphatic rings. The van der Waals surface area contributed by atoms with Crippen molar-refractivity contribution in [2.75, 3.05) is 0 Å². The molecule has 1 atom stereocenters. The Hall–Kier alpha value is -6.51. The Kier molecular flexibility index (Phi) is 10.9. The number of allylic oxidation sites excluding steroid dienone is 10. The quantitative estimate of drug-likeness (QED) is 0.118. The molecule has 0 bridgehead atoms. The van der Waals surface area contributed by atoms with E-state index in [4.69, 9.17) is 9.97 Å². The van der Waals surface area contributed by atoms with E-state index in [9.17, 15) is 5.41 Å². The predicted octanol–water partition coefficient (Wildman–Crippen LogP) is 12.2. The van der Waals surface area contributed by atoms with Gasteiger partial charge in [0.15, 0.2) is 5.82 Å². The van der Waals surface area contributed by atoms with E-state index in [1.807, 2.05) is 24.3 Å². The maximum Gasteiger partial charge on any atom is 1.00 e. The molecule has 65 heavy (non-hydrogen) atoms. The largest absolute Gasteiger partial charge is 1.00 e. The van der Waals surface area contributed by atoms with Crippen LogP contribution in [0.3, 0.4) is 0 Å². The summed E-state index contributed by atoms with van der Waals surface area (Å²) in [6, 6.07) is 56.5. The van der Waals surface area contributed by atoms with Crippen molar-refractivity contribution >= 4 is 71.9 Å². The number of para-hydroxylation sites is 2. The fourth-order valence-electron chi connectivity index (χ4n) is 10.00. The average Bonchev–Trinajstić information content (AvgIpc) is 3.86. The Bertz CT molecular complexity index is 3720. The molecule has 2 aliphatic carbocycles. The normalized spacial score (nSPS) is 15.5. The van der Waals surface area contributed by atoms with Crippen LogP contribution in [0.4, 0.5) is 0 Å². The number of aromatic nitrogens is 4. The molecule has 0 radical (unpaired) electrons. The maximum absolute atomic E-state index is 10.8. The van der Waals surface area contributed by atoms with Crippen molar-refractivity contribution in [1.29, 1.82) is 0 Å². The van der Waals surface area contributed by atoms with Crippen LogP contribution in [0, 0.1) is 5.92 Å². The molecule has 304 valence electrons. The van der Waals surface area contributed by atoms with Crippen LogP contribution in [-0.4, -0.2) is 25.3 Å². The number of nitrogens with zero attached hydrogens (tertiary/aromatic N) is 5. The zero-order chi connectivity index (χ0) is 42.7. The Labute approximate surface area is 420 Å². The molecule has 0 amide bonds. The molecule has 0 saturated heterocycles. The van der Waals surface area contributed by atoms with Crippen molar-refractivity contribution in [1.82, 2.24) is 19.1 Å². The summed E-state index contributed by atoms with van der Waals surface area (Å²) in [4.78, 5) is 10.5. The molecule has 12 rings (SSSR count). The molecule has 3 heterocycles. The second-order valence-corrected chi connectivity index (χ2v) is 16.9. The van der Waals surface area contributed by atoms with Crippen LogP contribution in [0.15, 0.2) is 206 Å². The number of hydrogen-bond donors (Lipinski definition) is 0. The summed E-state index contributed by atoms with van der Waals surface area (Å²) in [5.41, 5.74) is 14.4. The first kappa shape index (κ1) is 41.2. The van der Waals surface area contributed by atoms with Gasteiger partial charge in [0.05, 0.1) is 33.5 Å². The Balaban J connectivity index is 0.00000469. The van der Waals surface area contributed by atoms with Crippen LogP contribution in [-0.2, 0) is 0 Å². The monoisotopic (exact) mass is 859 g/mol. The standard InChI is InChI=1S/C59H42N5.K/c1-38-15-5-10-26-54(38)64-56-28-12-9-24-48(56)50-34-41(30-32-57(50)64)42-29-31-49-47-23-8-11-27-55(47)63(58(49)35-42)44-21-13-20-43(33-44)59-61-52(46-25-14-19-39-18-6-7-22-45(39)46)36-53(62-59)51(37-60)40-16-3-2-4-17-40;/h2-14,16,18-38H,15,17H2,1H3;/q-1;+1/b51-40+;. The fraction of sp³-hybridized carbons (Fsp3) is 0.0678. The minimum Gasteiger partial charge on any atom is -0.810 e. The number of fused-ring (bicyclic) bond motifs is 7. The van der Waals surface area contributed by atoms with Crippen LogP contribution in [0.1, 0.15) is 25.5 Å². The molecule has 5 nitrogen and oxygen atoms in total. The van der Waals surface area contributed by atoms with Crippen molar-refractivity contribution in [2.45, 2.75) is 19.8 Å². The molecule has 6 heteroatoms. The minimum atomic E-state index is 0. The summed E-state index contributed by atoms with van der Waals surface area (Å²) in [7, 11) is 0. The van der Waals surface area contributed by atoms with Gasteiger partial charge in [0.2, 0.25) is 0 Å². The van der Waals surface area contributed by atoms with Gasteiger partial charge in [0, 0.05) is 50.0 Å². The summed E-state index contributed by atoms with van der Waals surface area (Å²) in [5.74, 6) is 1.01. The van der Waals surface area contributed by atoms with Crippen molar-refractivity contribution in [3.8, 4) is 39.5 Å². The summed E-state index contributed by atoms with van der Waals surface area (Å²) in [5, 5.41) is 17.9.